The Kier molecular flexibility index (Phi) is 2.62. The molecule has 1 fully saturated rings. The molecule has 1 aromatic rings. The van der Waals surface area contributed by atoms with Crippen molar-refractivity contribution in [2.75, 3.05) is 13.6 Å². The van der Waals surface area contributed by atoms with Crippen molar-refractivity contribution in [1.29, 1.82) is 0 Å². The van der Waals surface area contributed by atoms with Gasteiger partial charge in [0, 0.05) is 20.0 Å². The summed E-state index contributed by atoms with van der Waals surface area (Å²) in [7, 11) is 1.81. The molecule has 1 amide bonds. The number of carbonyl (C=O) groups is 1. The first kappa shape index (κ1) is 10.0. The van der Waals surface area contributed by atoms with Crippen molar-refractivity contribution >= 4 is 5.91 Å². The number of benzene rings is 1. The zero-order chi connectivity index (χ0) is 10.8. The molecule has 1 aliphatic heterocycles. The van der Waals surface area contributed by atoms with Crippen molar-refractivity contribution in [3.05, 3.63) is 29.8 Å². The minimum atomic E-state index is -0.295. The van der Waals surface area contributed by atoms with E-state index in [0.717, 1.165) is 24.3 Å². The molecular formula is C12H15NO2. The van der Waals surface area contributed by atoms with Gasteiger partial charge in [-0.15, -0.1) is 0 Å². The molecule has 0 N–H and O–H groups in total. The maximum Gasteiger partial charge on any atom is 0.263 e. The van der Waals surface area contributed by atoms with Gasteiger partial charge in [-0.05, 0) is 24.6 Å². The van der Waals surface area contributed by atoms with Gasteiger partial charge in [0.1, 0.15) is 5.75 Å². The van der Waals surface area contributed by atoms with Crippen LogP contribution in [0.3, 0.4) is 0 Å². The molecule has 1 saturated heterocycles. The van der Waals surface area contributed by atoms with E-state index in [1.807, 2.05) is 38.2 Å². The normalized spacial score (nSPS) is 20.8. The second-order valence-electron chi connectivity index (χ2n) is 3.97. The average Bonchev–Trinajstić information content (AvgIpc) is 2.50. The van der Waals surface area contributed by atoms with Crippen LogP contribution in [0.4, 0.5) is 0 Å². The van der Waals surface area contributed by atoms with Crippen molar-refractivity contribution < 1.29 is 9.53 Å². The predicted octanol–water partition coefficient (Wildman–Crippen LogP) is 1.60. The van der Waals surface area contributed by atoms with Crippen LogP contribution < -0.4 is 4.74 Å². The molecule has 0 aliphatic carbocycles. The van der Waals surface area contributed by atoms with E-state index in [0.29, 0.717) is 0 Å². The number of hydrogen-bond donors (Lipinski definition) is 0. The summed E-state index contributed by atoms with van der Waals surface area (Å²) in [6.45, 7) is 2.80. The molecule has 1 aromatic carbocycles. The van der Waals surface area contributed by atoms with Crippen LogP contribution in [0.2, 0.25) is 0 Å². The summed E-state index contributed by atoms with van der Waals surface area (Å²) >= 11 is 0. The molecular weight excluding hydrogens is 190 g/mol. The SMILES string of the molecule is Cc1cccc(OC2CCN(C)C2=O)c1. The number of ether oxygens (including phenoxy) is 1. The first-order valence-electron chi connectivity index (χ1n) is 5.15. The first-order valence-corrected chi connectivity index (χ1v) is 5.15. The summed E-state index contributed by atoms with van der Waals surface area (Å²) in [5, 5.41) is 0. The van der Waals surface area contributed by atoms with Crippen LogP contribution in [0.1, 0.15) is 12.0 Å². The van der Waals surface area contributed by atoms with Crippen LogP contribution >= 0.6 is 0 Å². The molecule has 0 aromatic heterocycles. The Hall–Kier alpha value is -1.51. The predicted molar refractivity (Wildman–Crippen MR) is 57.8 cm³/mol. The van der Waals surface area contributed by atoms with Crippen molar-refractivity contribution in [2.24, 2.45) is 0 Å². The lowest BCUT2D eigenvalue weighted by atomic mass is 10.2. The Morgan fingerprint density at radius 1 is 1.47 bits per heavy atom. The van der Waals surface area contributed by atoms with Crippen molar-refractivity contribution in [3.63, 3.8) is 0 Å². The van der Waals surface area contributed by atoms with Gasteiger partial charge in [0.15, 0.2) is 6.10 Å². The highest BCUT2D eigenvalue weighted by molar-refractivity contribution is 5.83. The van der Waals surface area contributed by atoms with E-state index in [9.17, 15) is 4.79 Å². The Bertz CT molecular complexity index is 376. The molecule has 1 aliphatic rings. The highest BCUT2D eigenvalue weighted by Gasteiger charge is 2.30. The molecule has 3 nitrogen and oxygen atoms in total. The number of amides is 1. The zero-order valence-corrected chi connectivity index (χ0v) is 9.06. The van der Waals surface area contributed by atoms with Gasteiger partial charge in [0.05, 0.1) is 0 Å². The second kappa shape index (κ2) is 3.93. The summed E-state index contributed by atoms with van der Waals surface area (Å²) in [6, 6.07) is 7.79. The average molecular weight is 205 g/mol. The molecule has 0 bridgehead atoms. The Morgan fingerprint density at radius 2 is 2.27 bits per heavy atom. The van der Waals surface area contributed by atoms with Gasteiger partial charge < -0.3 is 9.64 Å². The lowest BCUT2D eigenvalue weighted by Crippen LogP contribution is -2.29. The number of aryl methyl sites for hydroxylation is 1. The van der Waals surface area contributed by atoms with Crippen LogP contribution in [0.15, 0.2) is 24.3 Å². The van der Waals surface area contributed by atoms with Crippen molar-refractivity contribution in [2.45, 2.75) is 19.4 Å². The van der Waals surface area contributed by atoms with Crippen LogP contribution in [0.5, 0.6) is 5.75 Å². The summed E-state index contributed by atoms with van der Waals surface area (Å²) < 4.78 is 5.65. The van der Waals surface area contributed by atoms with Crippen LogP contribution in [0, 0.1) is 6.92 Å². The van der Waals surface area contributed by atoms with Gasteiger partial charge in [-0.2, -0.15) is 0 Å². The highest BCUT2D eigenvalue weighted by atomic mass is 16.5. The highest BCUT2D eigenvalue weighted by Crippen LogP contribution is 2.19. The minimum absolute atomic E-state index is 0.0801. The fourth-order valence-corrected chi connectivity index (χ4v) is 1.75. The van der Waals surface area contributed by atoms with E-state index in [-0.39, 0.29) is 12.0 Å². The molecule has 0 saturated carbocycles. The van der Waals surface area contributed by atoms with E-state index in [2.05, 4.69) is 0 Å². The Morgan fingerprint density at radius 3 is 2.87 bits per heavy atom. The lowest BCUT2D eigenvalue weighted by molar-refractivity contribution is -0.132. The van der Waals surface area contributed by atoms with Gasteiger partial charge in [0.2, 0.25) is 0 Å². The van der Waals surface area contributed by atoms with Crippen LogP contribution in [0.25, 0.3) is 0 Å². The number of likely N-dealkylation sites (N-methyl/N-ethyl adjacent to an activating group) is 1. The first-order chi connectivity index (χ1) is 7.16. The third-order valence-corrected chi connectivity index (χ3v) is 2.65. The number of carbonyl (C=O) groups excluding carboxylic acids is 1. The van der Waals surface area contributed by atoms with Crippen molar-refractivity contribution in [3.8, 4) is 5.75 Å². The fraction of sp³-hybridized carbons (Fsp3) is 0.417. The molecule has 1 heterocycles. The standard InChI is InChI=1S/C12H15NO2/c1-9-4-3-5-10(8-9)15-11-6-7-13(2)12(11)14/h3-5,8,11H,6-7H2,1-2H3. The Balaban J connectivity index is 2.06. The van der Waals surface area contributed by atoms with Gasteiger partial charge >= 0.3 is 0 Å². The van der Waals surface area contributed by atoms with E-state index in [1.165, 1.54) is 0 Å². The maximum atomic E-state index is 11.6. The summed E-state index contributed by atoms with van der Waals surface area (Å²) in [6.07, 6.45) is 0.486. The zero-order valence-electron chi connectivity index (χ0n) is 9.06. The molecule has 15 heavy (non-hydrogen) atoms. The third kappa shape index (κ3) is 2.12. The molecule has 2 rings (SSSR count). The summed E-state index contributed by atoms with van der Waals surface area (Å²) in [4.78, 5) is 13.3. The number of nitrogens with zero attached hydrogens (tertiary/aromatic N) is 1. The molecule has 1 atom stereocenters. The second-order valence-corrected chi connectivity index (χ2v) is 3.97. The van der Waals surface area contributed by atoms with Gasteiger partial charge in [-0.25, -0.2) is 0 Å². The topological polar surface area (TPSA) is 29.5 Å². The Labute approximate surface area is 89.7 Å². The lowest BCUT2D eigenvalue weighted by Gasteiger charge is -2.13. The summed E-state index contributed by atoms with van der Waals surface area (Å²) in [5.41, 5.74) is 1.14. The molecule has 80 valence electrons. The van der Waals surface area contributed by atoms with Gasteiger partial charge in [-0.1, -0.05) is 12.1 Å². The van der Waals surface area contributed by atoms with Crippen LogP contribution in [-0.2, 0) is 4.79 Å². The molecule has 1 unspecified atom stereocenters. The largest absolute Gasteiger partial charge is 0.481 e. The molecule has 0 spiro atoms. The minimum Gasteiger partial charge on any atom is -0.481 e. The van der Waals surface area contributed by atoms with E-state index < -0.39 is 0 Å². The van der Waals surface area contributed by atoms with Gasteiger partial charge in [-0.3, -0.25) is 4.79 Å². The smallest absolute Gasteiger partial charge is 0.263 e. The van der Waals surface area contributed by atoms with Crippen molar-refractivity contribution in [1.82, 2.24) is 4.90 Å². The number of likely N-dealkylation sites (tertiary alicyclic amines) is 1. The molecule has 0 radical (unpaired) electrons. The number of hydrogen-bond acceptors (Lipinski definition) is 2. The van der Waals surface area contributed by atoms with Gasteiger partial charge in [0.25, 0.3) is 5.91 Å². The van der Waals surface area contributed by atoms with E-state index in [1.54, 1.807) is 4.90 Å². The van der Waals surface area contributed by atoms with Crippen LogP contribution in [-0.4, -0.2) is 30.5 Å². The molecule has 3 heteroatoms. The fourth-order valence-electron chi connectivity index (χ4n) is 1.75. The van der Waals surface area contributed by atoms with E-state index in [4.69, 9.17) is 4.74 Å². The third-order valence-electron chi connectivity index (χ3n) is 2.65. The maximum absolute atomic E-state index is 11.6. The monoisotopic (exact) mass is 205 g/mol. The number of rotatable bonds is 2. The summed E-state index contributed by atoms with van der Waals surface area (Å²) in [5.74, 6) is 0.861. The quantitative estimate of drug-likeness (QED) is 0.734. The van der Waals surface area contributed by atoms with E-state index >= 15 is 0 Å².